The van der Waals surface area contributed by atoms with Gasteiger partial charge in [0.05, 0.1) is 13.2 Å². The van der Waals surface area contributed by atoms with Gasteiger partial charge >= 0.3 is 0 Å². The number of hydrogen-bond donors (Lipinski definition) is 2. The van der Waals surface area contributed by atoms with E-state index < -0.39 is 0 Å². The lowest BCUT2D eigenvalue weighted by Gasteiger charge is -2.19. The summed E-state index contributed by atoms with van der Waals surface area (Å²) in [7, 11) is 0. The first-order valence-electron chi connectivity index (χ1n) is 9.70. The Morgan fingerprint density at radius 3 is 1.27 bits per heavy atom. The van der Waals surface area contributed by atoms with Gasteiger partial charge in [0.25, 0.3) is 0 Å². The third-order valence-electron chi connectivity index (χ3n) is 3.87. The first kappa shape index (κ1) is 24.1. The van der Waals surface area contributed by atoms with Gasteiger partial charge in [-0.2, -0.15) is 0 Å². The number of rotatable bonds is 15. The van der Waals surface area contributed by atoms with E-state index >= 15 is 0 Å². The number of aliphatic hydroxyl groups is 2. The van der Waals surface area contributed by atoms with Crippen molar-refractivity contribution in [1.29, 1.82) is 0 Å². The van der Waals surface area contributed by atoms with E-state index in [4.69, 9.17) is 10.2 Å². The molecule has 0 heterocycles. The maximum absolute atomic E-state index is 8.84. The van der Waals surface area contributed by atoms with Crippen molar-refractivity contribution in [3.8, 4) is 0 Å². The molecule has 0 aliphatic rings. The van der Waals surface area contributed by atoms with Crippen molar-refractivity contribution in [3.63, 3.8) is 0 Å². The van der Waals surface area contributed by atoms with Gasteiger partial charge in [0.1, 0.15) is 0 Å². The van der Waals surface area contributed by atoms with E-state index in [0.29, 0.717) is 13.1 Å². The fraction of sp³-hybridized carbons (Fsp3) is 1.00. The molecule has 136 valence electrons. The fourth-order valence-electron chi connectivity index (χ4n) is 2.41. The van der Waals surface area contributed by atoms with Crippen LogP contribution in [0.4, 0.5) is 0 Å². The van der Waals surface area contributed by atoms with Crippen LogP contribution in [0.15, 0.2) is 0 Å². The topological polar surface area (TPSA) is 43.7 Å². The second-order valence-corrected chi connectivity index (χ2v) is 6.12. The lowest BCUT2D eigenvalue weighted by molar-refractivity contribution is 0.159. The van der Waals surface area contributed by atoms with E-state index in [1.165, 1.54) is 70.6 Å². The zero-order valence-electron chi connectivity index (χ0n) is 15.7. The first-order chi connectivity index (χ1) is 10.8. The summed E-state index contributed by atoms with van der Waals surface area (Å²) in [5.41, 5.74) is 0. The molecule has 0 unspecified atom stereocenters. The molecule has 0 aliphatic carbocycles. The molecule has 0 aromatic carbocycles. The average molecular weight is 318 g/mol. The molecule has 0 spiro atoms. The molecule has 2 N–H and O–H groups in total. The summed E-state index contributed by atoms with van der Waals surface area (Å²) in [6.07, 6.45) is 14.7. The molecule has 3 nitrogen and oxygen atoms in total. The Hall–Kier alpha value is -0.120. The summed E-state index contributed by atoms with van der Waals surface area (Å²) in [5.74, 6) is 0. The monoisotopic (exact) mass is 317 g/mol. The average Bonchev–Trinajstić information content (AvgIpc) is 2.53. The molecule has 0 saturated carbocycles. The highest BCUT2D eigenvalue weighted by atomic mass is 16.3. The fourth-order valence-corrected chi connectivity index (χ4v) is 2.41. The van der Waals surface area contributed by atoms with Gasteiger partial charge in [0, 0.05) is 13.1 Å². The Bertz CT molecular complexity index is 167. The summed E-state index contributed by atoms with van der Waals surface area (Å²) in [5, 5.41) is 17.7. The number of aliphatic hydroxyl groups excluding tert-OH is 2. The number of nitrogens with zero attached hydrogens (tertiary/aromatic N) is 1. The van der Waals surface area contributed by atoms with Crippen LogP contribution in [0.2, 0.25) is 0 Å². The summed E-state index contributed by atoms with van der Waals surface area (Å²) < 4.78 is 0. The molecule has 0 aromatic heterocycles. The van der Waals surface area contributed by atoms with E-state index in [1.807, 2.05) is 0 Å². The lowest BCUT2D eigenvalue weighted by atomic mass is 10.1. The standard InChI is InChI=1S/C13H29NO2.C6H14/c1-2-3-4-5-6-7-8-9-14(10-12-15)11-13-16;1-3-5-6-4-2/h15-16H,2-13H2,1H3;3-6H2,1-2H3. The van der Waals surface area contributed by atoms with Gasteiger partial charge in [-0.05, 0) is 13.0 Å². The van der Waals surface area contributed by atoms with Crippen molar-refractivity contribution in [1.82, 2.24) is 4.90 Å². The Labute approximate surface area is 140 Å². The second-order valence-electron chi connectivity index (χ2n) is 6.12. The van der Waals surface area contributed by atoms with Gasteiger partial charge in [0.15, 0.2) is 0 Å². The van der Waals surface area contributed by atoms with Gasteiger partial charge in [-0.25, -0.2) is 0 Å². The summed E-state index contributed by atoms with van der Waals surface area (Å²) >= 11 is 0. The predicted octanol–water partition coefficient (Wildman–Crippen LogP) is 4.61. The van der Waals surface area contributed by atoms with Crippen LogP contribution >= 0.6 is 0 Å². The van der Waals surface area contributed by atoms with Gasteiger partial charge < -0.3 is 10.2 Å². The van der Waals surface area contributed by atoms with Gasteiger partial charge in [-0.3, -0.25) is 4.90 Å². The molecule has 0 atom stereocenters. The van der Waals surface area contributed by atoms with Crippen LogP contribution < -0.4 is 0 Å². The molecule has 22 heavy (non-hydrogen) atoms. The Kier molecular flexibility index (Phi) is 25.4. The zero-order chi connectivity index (χ0) is 16.9. The highest BCUT2D eigenvalue weighted by molar-refractivity contribution is 4.57. The second kappa shape index (κ2) is 23.2. The van der Waals surface area contributed by atoms with E-state index in [2.05, 4.69) is 25.7 Å². The normalized spacial score (nSPS) is 10.6. The largest absolute Gasteiger partial charge is 0.395 e. The SMILES string of the molecule is CCCCCC.CCCCCCCCCN(CCO)CCO. The number of hydrogen-bond acceptors (Lipinski definition) is 3. The molecule has 0 rings (SSSR count). The quantitative estimate of drug-likeness (QED) is 0.433. The molecule has 0 bridgehead atoms. The molecule has 0 radical (unpaired) electrons. The molecule has 0 fully saturated rings. The third-order valence-corrected chi connectivity index (χ3v) is 3.87. The first-order valence-corrected chi connectivity index (χ1v) is 9.70. The Balaban J connectivity index is 0. The summed E-state index contributed by atoms with van der Waals surface area (Å²) in [6, 6.07) is 0. The van der Waals surface area contributed by atoms with Crippen LogP contribution in [0.25, 0.3) is 0 Å². The van der Waals surface area contributed by atoms with Crippen molar-refractivity contribution in [2.45, 2.75) is 91.4 Å². The summed E-state index contributed by atoms with van der Waals surface area (Å²) in [4.78, 5) is 2.13. The molecule has 0 aliphatic heterocycles. The predicted molar refractivity (Wildman–Crippen MR) is 98.4 cm³/mol. The van der Waals surface area contributed by atoms with Crippen LogP contribution in [0, 0.1) is 0 Å². The minimum absolute atomic E-state index is 0.191. The van der Waals surface area contributed by atoms with Crippen molar-refractivity contribution >= 4 is 0 Å². The minimum Gasteiger partial charge on any atom is -0.395 e. The maximum Gasteiger partial charge on any atom is 0.0558 e. The highest BCUT2D eigenvalue weighted by Gasteiger charge is 2.02. The molecule has 0 aromatic rings. The Morgan fingerprint density at radius 1 is 0.500 bits per heavy atom. The lowest BCUT2D eigenvalue weighted by Crippen LogP contribution is -2.30. The van der Waals surface area contributed by atoms with E-state index in [-0.39, 0.29) is 13.2 Å². The van der Waals surface area contributed by atoms with Gasteiger partial charge in [-0.15, -0.1) is 0 Å². The van der Waals surface area contributed by atoms with E-state index in [0.717, 1.165) is 6.54 Å². The summed E-state index contributed by atoms with van der Waals surface area (Å²) in [6.45, 7) is 9.47. The van der Waals surface area contributed by atoms with Crippen molar-refractivity contribution in [3.05, 3.63) is 0 Å². The maximum atomic E-state index is 8.84. The smallest absolute Gasteiger partial charge is 0.0558 e. The molecular formula is C19H43NO2. The zero-order valence-corrected chi connectivity index (χ0v) is 15.7. The Morgan fingerprint density at radius 2 is 0.864 bits per heavy atom. The van der Waals surface area contributed by atoms with Crippen LogP contribution in [-0.4, -0.2) is 48.0 Å². The van der Waals surface area contributed by atoms with Crippen LogP contribution in [0.3, 0.4) is 0 Å². The van der Waals surface area contributed by atoms with E-state index in [9.17, 15) is 0 Å². The van der Waals surface area contributed by atoms with Crippen molar-refractivity contribution in [2.24, 2.45) is 0 Å². The molecular weight excluding hydrogens is 274 g/mol. The number of unbranched alkanes of at least 4 members (excludes halogenated alkanes) is 9. The molecule has 0 saturated heterocycles. The van der Waals surface area contributed by atoms with Crippen molar-refractivity contribution in [2.75, 3.05) is 32.8 Å². The highest BCUT2D eigenvalue weighted by Crippen LogP contribution is 2.07. The minimum atomic E-state index is 0.191. The van der Waals surface area contributed by atoms with Crippen LogP contribution in [0.5, 0.6) is 0 Å². The van der Waals surface area contributed by atoms with Crippen molar-refractivity contribution < 1.29 is 10.2 Å². The third kappa shape index (κ3) is 22.2. The van der Waals surface area contributed by atoms with Gasteiger partial charge in [0.2, 0.25) is 0 Å². The molecule has 0 amide bonds. The van der Waals surface area contributed by atoms with Crippen LogP contribution in [-0.2, 0) is 0 Å². The van der Waals surface area contributed by atoms with Gasteiger partial charge in [-0.1, -0.05) is 85.0 Å². The van der Waals surface area contributed by atoms with Crippen LogP contribution in [0.1, 0.15) is 91.4 Å². The van der Waals surface area contributed by atoms with E-state index in [1.54, 1.807) is 0 Å². The molecule has 3 heteroatoms.